The van der Waals surface area contributed by atoms with Gasteiger partial charge in [-0.1, -0.05) is 29.5 Å². The van der Waals surface area contributed by atoms with Gasteiger partial charge in [-0.2, -0.15) is 5.10 Å². The number of unbranched alkanes of at least 4 members (excludes halogenated alkanes) is 1. The predicted octanol–water partition coefficient (Wildman–Crippen LogP) is 5.90. The highest BCUT2D eigenvalue weighted by Gasteiger charge is 2.31. The summed E-state index contributed by atoms with van der Waals surface area (Å²) in [6, 6.07) is 15.3. The van der Waals surface area contributed by atoms with Crippen molar-refractivity contribution in [1.82, 2.24) is 35.5 Å². The Morgan fingerprint density at radius 3 is 2.59 bits per heavy atom. The standard InChI is InChI=1S/C32H31F3N8O3/c1-19(44)37-23-12-10-21(11-13-23)28-26-16-24(39-41-30(26)38-29(28)22-8-9-22)6-2-3-14-43-18-27(40-42-43)31(45)36-17-20-5-4-7-25(15-20)46-32(33,34)35/h4-5,7,10-13,15-16,18,22H,2-3,6,8-9,14,17H2,1H3,(H,36,45)(H,37,44)(H,38,41). The molecule has 0 bridgehead atoms. The van der Waals surface area contributed by atoms with Gasteiger partial charge in [0.1, 0.15) is 5.75 Å². The zero-order valence-electron chi connectivity index (χ0n) is 24.9. The number of halogens is 3. The number of benzene rings is 2. The minimum atomic E-state index is -4.79. The smallest absolute Gasteiger partial charge is 0.406 e. The summed E-state index contributed by atoms with van der Waals surface area (Å²) in [6.07, 6.45) is 1.26. The van der Waals surface area contributed by atoms with E-state index in [1.165, 1.54) is 37.0 Å². The lowest BCUT2D eigenvalue weighted by Gasteiger charge is -2.10. The van der Waals surface area contributed by atoms with Gasteiger partial charge in [-0.25, -0.2) is 0 Å². The van der Waals surface area contributed by atoms with E-state index in [0.717, 1.165) is 59.2 Å². The number of hydrogen-bond acceptors (Lipinski definition) is 7. The molecule has 3 N–H and O–H groups in total. The summed E-state index contributed by atoms with van der Waals surface area (Å²) in [5.41, 5.74) is 6.26. The van der Waals surface area contributed by atoms with Crippen molar-refractivity contribution in [2.24, 2.45) is 0 Å². The highest BCUT2D eigenvalue weighted by molar-refractivity contribution is 5.97. The monoisotopic (exact) mass is 632 g/mol. The molecule has 5 aromatic rings. The van der Waals surface area contributed by atoms with Crippen LogP contribution in [0.3, 0.4) is 0 Å². The fraction of sp³-hybridized carbons (Fsp3) is 0.312. The van der Waals surface area contributed by atoms with Crippen molar-refractivity contribution in [3.63, 3.8) is 0 Å². The summed E-state index contributed by atoms with van der Waals surface area (Å²) >= 11 is 0. The molecule has 0 spiro atoms. The van der Waals surface area contributed by atoms with E-state index in [1.54, 1.807) is 10.7 Å². The fourth-order valence-corrected chi connectivity index (χ4v) is 5.30. The van der Waals surface area contributed by atoms with Crippen molar-refractivity contribution in [1.29, 1.82) is 0 Å². The first kappa shape index (κ1) is 30.7. The highest BCUT2D eigenvalue weighted by Crippen LogP contribution is 2.46. The molecule has 0 unspecified atom stereocenters. The van der Waals surface area contributed by atoms with E-state index in [9.17, 15) is 22.8 Å². The zero-order chi connectivity index (χ0) is 32.3. The Hall–Kier alpha value is -5.27. The molecular weight excluding hydrogens is 601 g/mol. The van der Waals surface area contributed by atoms with Gasteiger partial charge in [0, 0.05) is 42.3 Å². The number of aryl methyl sites for hydroxylation is 2. The maximum Gasteiger partial charge on any atom is 0.573 e. The first-order valence-corrected chi connectivity index (χ1v) is 14.9. The van der Waals surface area contributed by atoms with Crippen LogP contribution in [0.2, 0.25) is 0 Å². The van der Waals surface area contributed by atoms with E-state index in [0.29, 0.717) is 24.4 Å². The zero-order valence-corrected chi connectivity index (χ0v) is 24.9. The largest absolute Gasteiger partial charge is 0.573 e. The summed E-state index contributed by atoms with van der Waals surface area (Å²) in [7, 11) is 0. The molecule has 1 aliphatic carbocycles. The molecule has 2 amide bonds. The highest BCUT2D eigenvalue weighted by atomic mass is 19.4. The van der Waals surface area contributed by atoms with Gasteiger partial charge in [-0.15, -0.1) is 23.4 Å². The molecule has 2 aromatic carbocycles. The van der Waals surface area contributed by atoms with E-state index in [4.69, 9.17) is 0 Å². The number of nitrogens with zero attached hydrogens (tertiary/aromatic N) is 5. The van der Waals surface area contributed by atoms with Crippen molar-refractivity contribution < 1.29 is 27.5 Å². The van der Waals surface area contributed by atoms with Crippen molar-refractivity contribution in [2.45, 2.75) is 64.4 Å². The first-order valence-electron chi connectivity index (χ1n) is 14.9. The third kappa shape index (κ3) is 7.68. The molecule has 46 heavy (non-hydrogen) atoms. The minimum Gasteiger partial charge on any atom is -0.406 e. The molecule has 14 heteroatoms. The maximum absolute atomic E-state index is 12.5. The van der Waals surface area contributed by atoms with Crippen LogP contribution in [0.4, 0.5) is 18.9 Å². The number of carbonyl (C=O) groups is 2. The van der Waals surface area contributed by atoms with Gasteiger partial charge in [-0.05, 0) is 79.5 Å². The molecule has 11 nitrogen and oxygen atoms in total. The molecule has 1 fully saturated rings. The molecule has 6 rings (SSSR count). The molecule has 3 aromatic heterocycles. The lowest BCUT2D eigenvalue weighted by atomic mass is 10.00. The number of alkyl halides is 3. The molecule has 238 valence electrons. The third-order valence-electron chi connectivity index (χ3n) is 7.54. The van der Waals surface area contributed by atoms with Gasteiger partial charge in [-0.3, -0.25) is 14.3 Å². The molecule has 1 saturated carbocycles. The summed E-state index contributed by atoms with van der Waals surface area (Å²) in [4.78, 5) is 27.4. The van der Waals surface area contributed by atoms with Crippen molar-refractivity contribution in [2.75, 3.05) is 5.32 Å². The summed E-state index contributed by atoms with van der Waals surface area (Å²) < 4.78 is 42.9. The Morgan fingerprint density at radius 2 is 1.85 bits per heavy atom. The van der Waals surface area contributed by atoms with Crippen LogP contribution < -0.4 is 15.4 Å². The van der Waals surface area contributed by atoms with E-state index in [-0.39, 0.29) is 23.9 Å². The van der Waals surface area contributed by atoms with Crippen LogP contribution in [0.5, 0.6) is 5.75 Å². The van der Waals surface area contributed by atoms with Gasteiger partial charge in [0.15, 0.2) is 11.3 Å². The number of hydrogen-bond donors (Lipinski definition) is 3. The quantitative estimate of drug-likeness (QED) is 0.146. The first-order chi connectivity index (χ1) is 22.1. The van der Waals surface area contributed by atoms with E-state index in [2.05, 4.69) is 46.9 Å². The van der Waals surface area contributed by atoms with Crippen LogP contribution in [-0.2, 0) is 24.3 Å². The topological polar surface area (TPSA) is 140 Å². The van der Waals surface area contributed by atoms with Gasteiger partial charge in [0.2, 0.25) is 5.91 Å². The average Bonchev–Trinajstić information content (AvgIpc) is 3.63. The Morgan fingerprint density at radius 1 is 1.04 bits per heavy atom. The van der Waals surface area contributed by atoms with Crippen LogP contribution in [0.15, 0.2) is 60.8 Å². The van der Waals surface area contributed by atoms with Gasteiger partial charge in [0.05, 0.1) is 11.9 Å². The van der Waals surface area contributed by atoms with E-state index >= 15 is 0 Å². The summed E-state index contributed by atoms with van der Waals surface area (Å²) in [6.45, 7) is 2.02. The molecular formula is C32H31F3N8O3. The molecule has 0 saturated heterocycles. The second-order valence-corrected chi connectivity index (χ2v) is 11.2. The number of aromatic amines is 1. The van der Waals surface area contributed by atoms with Crippen LogP contribution >= 0.6 is 0 Å². The Kier molecular flexibility index (Phi) is 8.68. The molecule has 0 atom stereocenters. The fourth-order valence-electron chi connectivity index (χ4n) is 5.30. The maximum atomic E-state index is 12.5. The third-order valence-corrected chi connectivity index (χ3v) is 7.54. The van der Waals surface area contributed by atoms with Gasteiger partial charge < -0.3 is 20.4 Å². The Labute approximate surface area is 261 Å². The lowest BCUT2D eigenvalue weighted by molar-refractivity contribution is -0.274. The Balaban J connectivity index is 1.04. The van der Waals surface area contributed by atoms with Crippen LogP contribution in [0, 0.1) is 0 Å². The van der Waals surface area contributed by atoms with Crippen LogP contribution in [-0.4, -0.2) is 48.4 Å². The Bertz CT molecular complexity index is 1860. The number of rotatable bonds is 12. The van der Waals surface area contributed by atoms with Gasteiger partial charge in [0.25, 0.3) is 5.91 Å². The summed E-state index contributed by atoms with van der Waals surface area (Å²) in [5, 5.41) is 23.3. The van der Waals surface area contributed by atoms with Gasteiger partial charge >= 0.3 is 6.36 Å². The average molecular weight is 633 g/mol. The normalized spacial score (nSPS) is 13.1. The lowest BCUT2D eigenvalue weighted by Crippen LogP contribution is -2.23. The predicted molar refractivity (Wildman–Crippen MR) is 163 cm³/mol. The number of amides is 2. The second kappa shape index (κ2) is 13.0. The molecule has 0 aliphatic heterocycles. The molecule has 1 aliphatic rings. The molecule has 3 heterocycles. The number of carbonyl (C=O) groups excluding carboxylic acids is 2. The van der Waals surface area contributed by atoms with Crippen molar-refractivity contribution >= 4 is 28.5 Å². The minimum absolute atomic E-state index is 0.000477. The second-order valence-electron chi connectivity index (χ2n) is 11.2. The number of aromatic nitrogens is 6. The van der Waals surface area contributed by atoms with Crippen molar-refractivity contribution in [3.05, 3.63) is 83.4 Å². The van der Waals surface area contributed by atoms with Crippen LogP contribution in [0.1, 0.15) is 66.0 Å². The number of H-pyrrole nitrogens is 1. The van der Waals surface area contributed by atoms with E-state index < -0.39 is 12.3 Å². The number of fused-ring (bicyclic) bond motifs is 1. The SMILES string of the molecule is CC(=O)Nc1ccc(-c2c(C3CC3)[nH]c3nnc(CCCCn4cc(C(=O)NCc5cccc(OC(F)(F)F)c5)nn4)cc23)cc1. The van der Waals surface area contributed by atoms with E-state index in [1.807, 2.05) is 24.3 Å². The number of nitrogens with one attached hydrogen (secondary N) is 3. The van der Waals surface area contributed by atoms with Crippen LogP contribution in [0.25, 0.3) is 22.2 Å². The molecule has 0 radical (unpaired) electrons. The number of anilines is 1. The summed E-state index contributed by atoms with van der Waals surface area (Å²) in [5.74, 6) is -0.493. The van der Waals surface area contributed by atoms with Crippen molar-refractivity contribution in [3.8, 4) is 16.9 Å². The number of ether oxygens (including phenoxy) is 1.